The number of rotatable bonds is 4. The number of carbonyl (C=O) groups excluding carboxylic acids is 1. The van der Waals surface area contributed by atoms with Gasteiger partial charge in [-0.15, -0.1) is 0 Å². The third-order valence-electron chi connectivity index (χ3n) is 0.704. The first-order valence-corrected chi connectivity index (χ1v) is 4.27. The second-order valence-corrected chi connectivity index (χ2v) is 2.84. The van der Waals surface area contributed by atoms with Crippen molar-refractivity contribution >= 4 is 16.3 Å². The van der Waals surface area contributed by atoms with Crippen LogP contribution in [0.2, 0.25) is 0 Å². The molecule has 0 fully saturated rings. The Morgan fingerprint density at radius 3 is 2.55 bits per heavy atom. The van der Waals surface area contributed by atoms with Crippen LogP contribution in [-0.4, -0.2) is 32.1 Å². The summed E-state index contributed by atoms with van der Waals surface area (Å²) in [5, 5.41) is 0. The van der Waals surface area contributed by atoms with E-state index >= 15 is 0 Å². The van der Waals surface area contributed by atoms with Gasteiger partial charge in [0.25, 0.3) is 0 Å². The third kappa shape index (κ3) is 7.23. The molecule has 0 saturated heterocycles. The SMILES string of the molecule is CCOC(=O)CNS(=O)(=O)O. The molecule has 11 heavy (non-hydrogen) atoms. The zero-order chi connectivity index (χ0) is 8.91. The molecule has 6 nitrogen and oxygen atoms in total. The largest absolute Gasteiger partial charge is 0.465 e. The predicted octanol–water partition coefficient (Wildman–Crippen LogP) is -1.06. The van der Waals surface area contributed by atoms with Crippen LogP contribution in [0, 0.1) is 0 Å². The molecule has 0 atom stereocenters. The molecule has 0 bridgehead atoms. The fraction of sp³-hybridized carbons (Fsp3) is 0.750. The number of hydrogen-bond donors (Lipinski definition) is 2. The van der Waals surface area contributed by atoms with Crippen LogP contribution < -0.4 is 4.72 Å². The Hall–Kier alpha value is -0.660. The molecule has 0 saturated carbocycles. The van der Waals surface area contributed by atoms with Gasteiger partial charge in [-0.1, -0.05) is 0 Å². The summed E-state index contributed by atoms with van der Waals surface area (Å²) in [4.78, 5) is 10.4. The first-order chi connectivity index (χ1) is 4.95. The third-order valence-corrected chi connectivity index (χ3v) is 1.21. The number of carbonyl (C=O) groups is 1. The lowest BCUT2D eigenvalue weighted by Crippen LogP contribution is -2.29. The summed E-state index contributed by atoms with van der Waals surface area (Å²) in [6, 6.07) is 0. The summed E-state index contributed by atoms with van der Waals surface area (Å²) in [5.74, 6) is -0.731. The van der Waals surface area contributed by atoms with E-state index in [2.05, 4.69) is 4.74 Å². The average Bonchev–Trinajstić information content (AvgIpc) is 1.83. The normalized spacial score (nSPS) is 11.1. The van der Waals surface area contributed by atoms with Crippen LogP contribution in [-0.2, 0) is 19.8 Å². The lowest BCUT2D eigenvalue weighted by atomic mass is 10.7. The molecule has 7 heteroatoms. The Bertz CT molecular complexity index is 221. The Morgan fingerprint density at radius 1 is 1.64 bits per heavy atom. The Kier molecular flexibility index (Phi) is 4.01. The maximum absolute atomic E-state index is 10.4. The molecule has 0 amide bonds. The predicted molar refractivity (Wildman–Crippen MR) is 36.2 cm³/mol. The van der Waals surface area contributed by atoms with Crippen LogP contribution in [0.15, 0.2) is 0 Å². The first-order valence-electron chi connectivity index (χ1n) is 2.83. The smallest absolute Gasteiger partial charge is 0.333 e. The standard InChI is InChI=1S/C4H9NO5S/c1-2-10-4(6)3-5-11(7,8)9/h5H,2-3H2,1H3,(H,7,8,9). The summed E-state index contributed by atoms with van der Waals surface area (Å²) in [5.41, 5.74) is 0. The van der Waals surface area contributed by atoms with Gasteiger partial charge in [-0.25, -0.2) is 0 Å². The fourth-order valence-corrected chi connectivity index (χ4v) is 0.662. The van der Waals surface area contributed by atoms with Crippen LogP contribution in [0.5, 0.6) is 0 Å². The van der Waals surface area contributed by atoms with E-state index in [9.17, 15) is 13.2 Å². The van der Waals surface area contributed by atoms with Crippen LogP contribution >= 0.6 is 0 Å². The summed E-state index contributed by atoms with van der Waals surface area (Å²) in [6.45, 7) is 1.21. The molecule has 0 aliphatic heterocycles. The molecule has 0 aromatic rings. The number of nitrogens with one attached hydrogen (secondary N) is 1. The molecule has 0 unspecified atom stereocenters. The highest BCUT2D eigenvalue weighted by Gasteiger charge is 2.07. The van der Waals surface area contributed by atoms with E-state index in [1.54, 1.807) is 11.6 Å². The van der Waals surface area contributed by atoms with Gasteiger partial charge in [0, 0.05) is 0 Å². The van der Waals surface area contributed by atoms with Gasteiger partial charge in [-0.3, -0.25) is 9.35 Å². The highest BCUT2D eigenvalue weighted by atomic mass is 32.2. The zero-order valence-electron chi connectivity index (χ0n) is 5.90. The Labute approximate surface area is 64.4 Å². The lowest BCUT2D eigenvalue weighted by Gasteiger charge is -2.00. The zero-order valence-corrected chi connectivity index (χ0v) is 6.72. The van der Waals surface area contributed by atoms with E-state index < -0.39 is 22.8 Å². The number of hydrogen-bond acceptors (Lipinski definition) is 4. The van der Waals surface area contributed by atoms with Gasteiger partial charge in [0.15, 0.2) is 0 Å². The van der Waals surface area contributed by atoms with Crippen molar-refractivity contribution in [2.24, 2.45) is 0 Å². The van der Waals surface area contributed by atoms with Gasteiger partial charge in [0.05, 0.1) is 6.61 Å². The van der Waals surface area contributed by atoms with E-state index in [0.717, 1.165) is 0 Å². The topological polar surface area (TPSA) is 92.7 Å². The van der Waals surface area contributed by atoms with Gasteiger partial charge in [-0.2, -0.15) is 13.1 Å². The molecular weight excluding hydrogens is 174 g/mol. The molecule has 0 aromatic heterocycles. The van der Waals surface area contributed by atoms with Gasteiger partial charge in [0.2, 0.25) is 0 Å². The van der Waals surface area contributed by atoms with E-state index in [4.69, 9.17) is 4.55 Å². The van der Waals surface area contributed by atoms with Crippen LogP contribution in [0.25, 0.3) is 0 Å². The van der Waals surface area contributed by atoms with Gasteiger partial charge in [0.1, 0.15) is 6.54 Å². The van der Waals surface area contributed by atoms with Crippen LogP contribution in [0.1, 0.15) is 6.92 Å². The van der Waals surface area contributed by atoms with Gasteiger partial charge < -0.3 is 4.74 Å². The molecule has 66 valence electrons. The quantitative estimate of drug-likeness (QED) is 0.428. The van der Waals surface area contributed by atoms with Crippen molar-refractivity contribution < 1.29 is 22.5 Å². The van der Waals surface area contributed by atoms with Crippen molar-refractivity contribution in [2.75, 3.05) is 13.2 Å². The van der Waals surface area contributed by atoms with Crippen molar-refractivity contribution in [2.45, 2.75) is 6.92 Å². The summed E-state index contributed by atoms with van der Waals surface area (Å²) < 4.78 is 34.0. The van der Waals surface area contributed by atoms with Crippen molar-refractivity contribution in [3.63, 3.8) is 0 Å². The molecule has 0 spiro atoms. The second-order valence-electron chi connectivity index (χ2n) is 1.60. The minimum Gasteiger partial charge on any atom is -0.465 e. The van der Waals surface area contributed by atoms with Crippen molar-refractivity contribution in [1.82, 2.24) is 4.72 Å². The fourth-order valence-electron chi connectivity index (χ4n) is 0.362. The molecular formula is C4H9NO5S. The summed E-state index contributed by atoms with van der Waals surface area (Å²) in [7, 11) is -4.29. The Morgan fingerprint density at radius 2 is 2.18 bits per heavy atom. The van der Waals surface area contributed by atoms with Crippen LogP contribution in [0.3, 0.4) is 0 Å². The minimum atomic E-state index is -4.29. The van der Waals surface area contributed by atoms with E-state index in [0.29, 0.717) is 0 Å². The van der Waals surface area contributed by atoms with Crippen molar-refractivity contribution in [3.8, 4) is 0 Å². The maximum Gasteiger partial charge on any atom is 0.333 e. The minimum absolute atomic E-state index is 0.173. The molecule has 0 aliphatic rings. The number of ether oxygens (including phenoxy) is 1. The molecule has 0 heterocycles. The monoisotopic (exact) mass is 183 g/mol. The summed E-state index contributed by atoms with van der Waals surface area (Å²) in [6.07, 6.45) is 0. The van der Waals surface area contributed by atoms with E-state index in [1.165, 1.54) is 0 Å². The van der Waals surface area contributed by atoms with Crippen LogP contribution in [0.4, 0.5) is 0 Å². The average molecular weight is 183 g/mol. The molecule has 0 radical (unpaired) electrons. The van der Waals surface area contributed by atoms with Crippen molar-refractivity contribution in [3.05, 3.63) is 0 Å². The van der Waals surface area contributed by atoms with Gasteiger partial charge in [-0.05, 0) is 6.92 Å². The number of esters is 1. The first kappa shape index (κ1) is 10.3. The molecule has 2 N–H and O–H groups in total. The van der Waals surface area contributed by atoms with E-state index in [1.807, 2.05) is 0 Å². The lowest BCUT2D eigenvalue weighted by molar-refractivity contribution is -0.141. The molecule has 0 aliphatic carbocycles. The van der Waals surface area contributed by atoms with Gasteiger partial charge >= 0.3 is 16.3 Å². The molecule has 0 rings (SSSR count). The highest BCUT2D eigenvalue weighted by Crippen LogP contribution is 1.77. The Balaban J connectivity index is 3.64. The maximum atomic E-state index is 10.4. The highest BCUT2D eigenvalue weighted by molar-refractivity contribution is 7.83. The summed E-state index contributed by atoms with van der Waals surface area (Å²) >= 11 is 0. The second kappa shape index (κ2) is 4.27. The van der Waals surface area contributed by atoms with E-state index in [-0.39, 0.29) is 6.61 Å². The molecule has 0 aromatic carbocycles. The van der Waals surface area contributed by atoms with Crippen molar-refractivity contribution in [1.29, 1.82) is 0 Å².